The number of hydrogen-bond donors (Lipinski definition) is 0. The van der Waals surface area contributed by atoms with Crippen molar-refractivity contribution >= 4 is 29.0 Å². The van der Waals surface area contributed by atoms with E-state index in [-0.39, 0.29) is 12.0 Å². The summed E-state index contributed by atoms with van der Waals surface area (Å²) >= 11 is 0. The molecule has 3 nitrogen and oxygen atoms in total. The average molecular weight is 389 g/mol. The molecule has 3 aromatic carbocycles. The second-order valence-electron chi connectivity index (χ2n) is 7.53. The Morgan fingerprint density at radius 3 is 1.50 bits per heavy atom. The van der Waals surface area contributed by atoms with Crippen molar-refractivity contribution in [2.45, 2.75) is 25.7 Å². The largest absolute Gasteiger partial charge is 0.347 e. The third kappa shape index (κ3) is 3.24. The van der Waals surface area contributed by atoms with Crippen LogP contribution in [0.2, 0.25) is 0 Å². The van der Waals surface area contributed by atoms with Gasteiger partial charge in [0.05, 0.1) is 6.61 Å². The molecule has 1 saturated heterocycles. The van der Waals surface area contributed by atoms with E-state index < -0.39 is 20.0 Å². The summed E-state index contributed by atoms with van der Waals surface area (Å²) < 4.78 is 11.8. The standard InChI is InChI=1S/C24H24O3Si/c1-24(2)26-18-22(27-24)23(25)28(19-12-6-3-7-13-19,20-14-8-4-9-15-20)21-16-10-5-11-17-21/h3-17,22H,18H2,1-2H3/t22-/m1/s1. The zero-order chi connectivity index (χ0) is 19.6. The number of hydrogen-bond acceptors (Lipinski definition) is 3. The van der Waals surface area contributed by atoms with E-state index in [1.165, 1.54) is 0 Å². The minimum absolute atomic E-state index is 0.127. The molecule has 142 valence electrons. The van der Waals surface area contributed by atoms with Crippen LogP contribution in [-0.4, -0.2) is 32.0 Å². The Kier molecular flexibility index (Phi) is 5.02. The molecule has 1 fully saturated rings. The molecule has 1 aliphatic rings. The summed E-state index contributed by atoms with van der Waals surface area (Å²) in [5, 5.41) is 3.31. The molecule has 0 spiro atoms. The molecule has 0 saturated carbocycles. The fourth-order valence-electron chi connectivity index (χ4n) is 4.05. The summed E-state index contributed by atoms with van der Waals surface area (Å²) in [4.78, 5) is 14.2. The van der Waals surface area contributed by atoms with Crippen LogP contribution in [-0.2, 0) is 14.3 Å². The van der Waals surface area contributed by atoms with Gasteiger partial charge in [-0.3, -0.25) is 0 Å². The molecule has 28 heavy (non-hydrogen) atoms. The van der Waals surface area contributed by atoms with E-state index in [0.717, 1.165) is 15.6 Å². The lowest BCUT2D eigenvalue weighted by molar-refractivity contribution is -0.147. The second kappa shape index (κ2) is 7.47. The van der Waals surface area contributed by atoms with Crippen LogP contribution in [0.3, 0.4) is 0 Å². The highest BCUT2D eigenvalue weighted by molar-refractivity contribution is 7.30. The monoisotopic (exact) mass is 388 g/mol. The summed E-state index contributed by atoms with van der Waals surface area (Å²) in [6, 6.07) is 30.4. The highest BCUT2D eigenvalue weighted by Crippen LogP contribution is 2.25. The van der Waals surface area contributed by atoms with Crippen LogP contribution in [0, 0.1) is 0 Å². The molecule has 0 unspecified atom stereocenters. The van der Waals surface area contributed by atoms with Crippen molar-refractivity contribution in [3.63, 3.8) is 0 Å². The third-order valence-corrected chi connectivity index (χ3v) is 9.95. The molecule has 3 aromatic rings. The van der Waals surface area contributed by atoms with Crippen LogP contribution in [0.15, 0.2) is 91.0 Å². The molecule has 0 bridgehead atoms. The molecule has 0 N–H and O–H groups in total. The Bertz CT molecular complexity index is 843. The van der Waals surface area contributed by atoms with Crippen molar-refractivity contribution in [2.75, 3.05) is 6.61 Å². The topological polar surface area (TPSA) is 35.5 Å². The van der Waals surface area contributed by atoms with Crippen molar-refractivity contribution in [1.82, 2.24) is 0 Å². The van der Waals surface area contributed by atoms with Gasteiger partial charge in [-0.2, -0.15) is 0 Å². The van der Waals surface area contributed by atoms with Crippen LogP contribution in [0.4, 0.5) is 0 Å². The molecule has 4 heteroatoms. The molecule has 4 rings (SSSR count). The number of carbonyl (C=O) groups is 1. The third-order valence-electron chi connectivity index (χ3n) is 5.29. The number of ether oxygens (including phenoxy) is 2. The van der Waals surface area contributed by atoms with Crippen LogP contribution in [0.1, 0.15) is 13.8 Å². The van der Waals surface area contributed by atoms with Gasteiger partial charge < -0.3 is 14.3 Å². The number of rotatable bonds is 5. The van der Waals surface area contributed by atoms with E-state index in [1.807, 2.05) is 68.4 Å². The highest BCUT2D eigenvalue weighted by atomic mass is 28.3. The molecule has 0 aliphatic carbocycles. The second-order valence-corrected chi connectivity index (χ2v) is 11.3. The quantitative estimate of drug-likeness (QED) is 0.497. The maximum Gasteiger partial charge on any atom is 0.227 e. The van der Waals surface area contributed by atoms with Gasteiger partial charge in [0.25, 0.3) is 0 Å². The van der Waals surface area contributed by atoms with Gasteiger partial charge in [-0.15, -0.1) is 0 Å². The fraction of sp³-hybridized carbons (Fsp3) is 0.208. The highest BCUT2D eigenvalue weighted by Gasteiger charge is 2.52. The van der Waals surface area contributed by atoms with Gasteiger partial charge in [0.1, 0.15) is 6.10 Å². The van der Waals surface area contributed by atoms with Crippen LogP contribution >= 0.6 is 0 Å². The van der Waals surface area contributed by atoms with Crippen LogP contribution in [0.5, 0.6) is 0 Å². The van der Waals surface area contributed by atoms with E-state index in [9.17, 15) is 4.79 Å². The first-order chi connectivity index (χ1) is 13.5. The number of benzene rings is 3. The molecule has 0 aromatic heterocycles. The Morgan fingerprint density at radius 2 is 1.18 bits per heavy atom. The lowest BCUT2D eigenvalue weighted by atomic mass is 10.3. The van der Waals surface area contributed by atoms with Crippen LogP contribution in [0.25, 0.3) is 0 Å². The maximum absolute atomic E-state index is 14.2. The van der Waals surface area contributed by atoms with Gasteiger partial charge in [0.2, 0.25) is 8.07 Å². The van der Waals surface area contributed by atoms with Gasteiger partial charge in [0, 0.05) is 0 Å². The normalized spacial score (nSPS) is 18.7. The Labute approximate surface area is 166 Å². The predicted molar refractivity (Wildman–Crippen MR) is 114 cm³/mol. The SMILES string of the molecule is CC1(C)OC[C@H](C(=O)[Si](c2ccccc2)(c2ccccc2)c2ccccc2)O1. The fourth-order valence-corrected chi connectivity index (χ4v) is 8.61. The van der Waals surface area contributed by atoms with Crippen molar-refractivity contribution in [3.8, 4) is 0 Å². The molecular weight excluding hydrogens is 364 g/mol. The van der Waals surface area contributed by atoms with Crippen molar-refractivity contribution in [3.05, 3.63) is 91.0 Å². The Morgan fingerprint density at radius 1 is 0.786 bits per heavy atom. The zero-order valence-electron chi connectivity index (χ0n) is 16.2. The van der Waals surface area contributed by atoms with Crippen molar-refractivity contribution in [1.29, 1.82) is 0 Å². The summed E-state index contributed by atoms with van der Waals surface area (Å²) in [6.07, 6.45) is -0.581. The lowest BCUT2D eigenvalue weighted by Gasteiger charge is -2.33. The van der Waals surface area contributed by atoms with E-state index in [1.54, 1.807) is 0 Å². The minimum atomic E-state index is -3.00. The van der Waals surface area contributed by atoms with Crippen LogP contribution < -0.4 is 15.6 Å². The van der Waals surface area contributed by atoms with E-state index in [4.69, 9.17) is 9.47 Å². The maximum atomic E-state index is 14.2. The van der Waals surface area contributed by atoms with Crippen molar-refractivity contribution < 1.29 is 14.3 Å². The Hall–Kier alpha value is -2.53. The first-order valence-electron chi connectivity index (χ1n) is 9.57. The molecular formula is C24H24O3Si. The first-order valence-corrected chi connectivity index (χ1v) is 11.6. The molecule has 1 heterocycles. The summed E-state index contributed by atoms with van der Waals surface area (Å²) in [5.41, 5.74) is 0. The van der Waals surface area contributed by atoms with Gasteiger partial charge in [-0.05, 0) is 29.4 Å². The lowest BCUT2D eigenvalue weighted by Crippen LogP contribution is -2.75. The van der Waals surface area contributed by atoms with Gasteiger partial charge in [0.15, 0.2) is 11.2 Å². The van der Waals surface area contributed by atoms with Gasteiger partial charge in [-0.1, -0.05) is 91.0 Å². The van der Waals surface area contributed by atoms with Gasteiger partial charge >= 0.3 is 0 Å². The minimum Gasteiger partial charge on any atom is -0.347 e. The summed E-state index contributed by atoms with van der Waals surface area (Å²) in [6.45, 7) is 4.00. The number of carbonyl (C=O) groups excluding carboxylic acids is 1. The Balaban J connectivity index is 1.98. The first kappa shape index (κ1) is 18.8. The van der Waals surface area contributed by atoms with E-state index in [2.05, 4.69) is 36.4 Å². The van der Waals surface area contributed by atoms with E-state index in [0.29, 0.717) is 0 Å². The zero-order valence-corrected chi connectivity index (χ0v) is 17.2. The molecule has 1 atom stereocenters. The molecule has 0 amide bonds. The smallest absolute Gasteiger partial charge is 0.227 e. The van der Waals surface area contributed by atoms with Crippen molar-refractivity contribution in [2.24, 2.45) is 0 Å². The van der Waals surface area contributed by atoms with E-state index >= 15 is 0 Å². The predicted octanol–water partition coefficient (Wildman–Crippen LogP) is 2.42. The molecule has 1 aliphatic heterocycles. The summed E-state index contributed by atoms with van der Waals surface area (Å²) in [7, 11) is -3.00. The van der Waals surface area contributed by atoms with Gasteiger partial charge in [-0.25, -0.2) is 0 Å². The summed E-state index contributed by atoms with van der Waals surface area (Å²) in [5.74, 6) is -0.746. The molecule has 0 radical (unpaired) electrons. The average Bonchev–Trinajstić information content (AvgIpc) is 3.11.